The highest BCUT2D eigenvalue weighted by atomic mass is 16.2. The molecule has 0 heterocycles. The Hall–Kier alpha value is -2.10. The lowest BCUT2D eigenvalue weighted by Crippen LogP contribution is -2.36. The fourth-order valence-corrected chi connectivity index (χ4v) is 1.59. The van der Waals surface area contributed by atoms with E-state index in [4.69, 9.17) is 0 Å². The molecule has 0 saturated carbocycles. The molecule has 0 atom stereocenters. The molecule has 0 aliphatic rings. The molecule has 2 N–H and O–H groups in total. The van der Waals surface area contributed by atoms with E-state index < -0.39 is 0 Å². The van der Waals surface area contributed by atoms with Crippen LogP contribution in [-0.4, -0.2) is 24.9 Å². The molecule has 0 spiro atoms. The fourth-order valence-electron chi connectivity index (χ4n) is 1.59. The summed E-state index contributed by atoms with van der Waals surface area (Å²) in [5, 5.41) is 5.24. The van der Waals surface area contributed by atoms with E-state index in [2.05, 4.69) is 17.6 Å². The van der Waals surface area contributed by atoms with Gasteiger partial charge in [-0.1, -0.05) is 38.1 Å². The largest absolute Gasteiger partial charge is 0.355 e. The molecular formula is C16H22N2O2. The second-order valence-corrected chi connectivity index (χ2v) is 4.50. The van der Waals surface area contributed by atoms with Crippen molar-refractivity contribution < 1.29 is 9.59 Å². The summed E-state index contributed by atoms with van der Waals surface area (Å²) in [5.41, 5.74) is 2.23. The first-order valence-electron chi connectivity index (χ1n) is 6.97. The van der Waals surface area contributed by atoms with Crippen LogP contribution in [0.5, 0.6) is 0 Å². The van der Waals surface area contributed by atoms with E-state index in [1.165, 1.54) is 11.6 Å². The number of rotatable bonds is 7. The van der Waals surface area contributed by atoms with E-state index in [9.17, 15) is 9.59 Å². The van der Waals surface area contributed by atoms with Crippen LogP contribution >= 0.6 is 0 Å². The number of hydrogen-bond donors (Lipinski definition) is 2. The summed E-state index contributed by atoms with van der Waals surface area (Å²) in [6.07, 6.45) is 5.05. The standard InChI is InChI=1S/C16H22N2O2/c1-3-11-17-16(20)12-18-15(19)10-9-14-7-5-13(4-2)6-8-14/h5-10H,3-4,11-12H2,1-2H3,(H,17,20)(H,18,19)/b10-9+. The molecule has 0 fully saturated rings. The van der Waals surface area contributed by atoms with Crippen LogP contribution in [0.2, 0.25) is 0 Å². The summed E-state index contributed by atoms with van der Waals surface area (Å²) >= 11 is 0. The first-order valence-corrected chi connectivity index (χ1v) is 6.97. The Balaban J connectivity index is 2.37. The van der Waals surface area contributed by atoms with Crippen molar-refractivity contribution in [2.45, 2.75) is 26.7 Å². The van der Waals surface area contributed by atoms with Gasteiger partial charge in [0.25, 0.3) is 0 Å². The number of hydrogen-bond acceptors (Lipinski definition) is 2. The van der Waals surface area contributed by atoms with Crippen molar-refractivity contribution in [3.05, 3.63) is 41.5 Å². The van der Waals surface area contributed by atoms with Gasteiger partial charge in [0.05, 0.1) is 6.54 Å². The molecule has 0 aromatic heterocycles. The zero-order chi connectivity index (χ0) is 14.8. The molecule has 0 unspecified atom stereocenters. The van der Waals surface area contributed by atoms with Crippen LogP contribution in [0.15, 0.2) is 30.3 Å². The van der Waals surface area contributed by atoms with Crippen molar-refractivity contribution in [1.29, 1.82) is 0 Å². The van der Waals surface area contributed by atoms with Crippen LogP contribution in [0.4, 0.5) is 0 Å². The predicted octanol–water partition coefficient (Wildman–Crippen LogP) is 1.90. The van der Waals surface area contributed by atoms with Crippen molar-refractivity contribution in [3.63, 3.8) is 0 Å². The molecule has 1 rings (SSSR count). The van der Waals surface area contributed by atoms with Crippen LogP contribution in [-0.2, 0) is 16.0 Å². The first kappa shape index (κ1) is 16.0. The number of carbonyl (C=O) groups excluding carboxylic acids is 2. The van der Waals surface area contributed by atoms with E-state index in [1.54, 1.807) is 6.08 Å². The van der Waals surface area contributed by atoms with Gasteiger partial charge in [0.15, 0.2) is 0 Å². The zero-order valence-electron chi connectivity index (χ0n) is 12.1. The molecule has 0 aliphatic heterocycles. The van der Waals surface area contributed by atoms with Crippen molar-refractivity contribution >= 4 is 17.9 Å². The highest BCUT2D eigenvalue weighted by Gasteiger charge is 2.01. The van der Waals surface area contributed by atoms with Crippen molar-refractivity contribution in [3.8, 4) is 0 Å². The molecule has 4 nitrogen and oxygen atoms in total. The lowest BCUT2D eigenvalue weighted by molar-refractivity contribution is -0.123. The molecule has 0 bridgehead atoms. The van der Waals surface area contributed by atoms with Crippen LogP contribution < -0.4 is 10.6 Å². The van der Waals surface area contributed by atoms with Crippen LogP contribution in [0.3, 0.4) is 0 Å². The van der Waals surface area contributed by atoms with E-state index in [0.717, 1.165) is 18.4 Å². The van der Waals surface area contributed by atoms with Gasteiger partial charge >= 0.3 is 0 Å². The SMILES string of the molecule is CCCNC(=O)CNC(=O)/C=C/c1ccc(CC)cc1. The van der Waals surface area contributed by atoms with E-state index in [0.29, 0.717) is 6.54 Å². The minimum atomic E-state index is -0.267. The highest BCUT2D eigenvalue weighted by Crippen LogP contribution is 2.06. The maximum Gasteiger partial charge on any atom is 0.244 e. The monoisotopic (exact) mass is 274 g/mol. The Morgan fingerprint density at radius 3 is 2.40 bits per heavy atom. The Bertz CT molecular complexity index is 464. The maximum absolute atomic E-state index is 11.5. The average molecular weight is 274 g/mol. The number of benzene rings is 1. The Morgan fingerprint density at radius 1 is 1.10 bits per heavy atom. The van der Waals surface area contributed by atoms with Gasteiger partial charge in [-0.2, -0.15) is 0 Å². The lowest BCUT2D eigenvalue weighted by Gasteiger charge is -2.03. The van der Waals surface area contributed by atoms with Gasteiger partial charge in [-0.05, 0) is 30.0 Å². The molecule has 2 amide bonds. The van der Waals surface area contributed by atoms with Gasteiger partial charge in [0.2, 0.25) is 11.8 Å². The topological polar surface area (TPSA) is 58.2 Å². The molecule has 1 aromatic carbocycles. The van der Waals surface area contributed by atoms with Crippen molar-refractivity contribution in [2.24, 2.45) is 0 Å². The third kappa shape index (κ3) is 6.18. The van der Waals surface area contributed by atoms with Gasteiger partial charge in [0.1, 0.15) is 0 Å². The third-order valence-electron chi connectivity index (χ3n) is 2.81. The number of carbonyl (C=O) groups is 2. The highest BCUT2D eigenvalue weighted by molar-refractivity contribution is 5.94. The second kappa shape index (κ2) is 8.91. The van der Waals surface area contributed by atoms with E-state index in [1.807, 2.05) is 31.2 Å². The summed E-state index contributed by atoms with van der Waals surface area (Å²) in [6, 6.07) is 8.01. The summed E-state index contributed by atoms with van der Waals surface area (Å²) in [5.74, 6) is -0.433. The molecule has 0 saturated heterocycles. The minimum Gasteiger partial charge on any atom is -0.355 e. The second-order valence-electron chi connectivity index (χ2n) is 4.50. The summed E-state index contributed by atoms with van der Waals surface area (Å²) < 4.78 is 0. The minimum absolute atomic E-state index is 0.0119. The number of amides is 2. The normalized spacial score (nSPS) is 10.5. The molecule has 0 radical (unpaired) electrons. The van der Waals surface area contributed by atoms with Crippen molar-refractivity contribution in [2.75, 3.05) is 13.1 Å². The average Bonchev–Trinajstić information content (AvgIpc) is 2.49. The van der Waals surface area contributed by atoms with Gasteiger partial charge in [-0.3, -0.25) is 9.59 Å². The van der Waals surface area contributed by atoms with E-state index in [-0.39, 0.29) is 18.4 Å². The van der Waals surface area contributed by atoms with Crippen LogP contribution in [0, 0.1) is 0 Å². The van der Waals surface area contributed by atoms with Gasteiger partial charge < -0.3 is 10.6 Å². The van der Waals surface area contributed by atoms with Crippen LogP contribution in [0.25, 0.3) is 6.08 Å². The molecule has 108 valence electrons. The number of aryl methyl sites for hydroxylation is 1. The first-order chi connectivity index (χ1) is 9.65. The Morgan fingerprint density at radius 2 is 1.80 bits per heavy atom. The molecular weight excluding hydrogens is 252 g/mol. The third-order valence-corrected chi connectivity index (χ3v) is 2.81. The molecule has 0 aliphatic carbocycles. The van der Waals surface area contributed by atoms with Crippen LogP contribution in [0.1, 0.15) is 31.4 Å². The Labute approximate surface area is 120 Å². The smallest absolute Gasteiger partial charge is 0.244 e. The summed E-state index contributed by atoms with van der Waals surface area (Å²) in [6.45, 7) is 4.72. The summed E-state index contributed by atoms with van der Waals surface area (Å²) in [4.78, 5) is 22.8. The maximum atomic E-state index is 11.5. The van der Waals surface area contributed by atoms with Gasteiger partial charge in [-0.15, -0.1) is 0 Å². The van der Waals surface area contributed by atoms with Crippen molar-refractivity contribution in [1.82, 2.24) is 10.6 Å². The fraction of sp³-hybridized carbons (Fsp3) is 0.375. The molecule has 4 heteroatoms. The summed E-state index contributed by atoms with van der Waals surface area (Å²) in [7, 11) is 0. The molecule has 1 aromatic rings. The quantitative estimate of drug-likeness (QED) is 0.746. The molecule has 20 heavy (non-hydrogen) atoms. The lowest BCUT2D eigenvalue weighted by atomic mass is 10.1. The van der Waals surface area contributed by atoms with Gasteiger partial charge in [0, 0.05) is 12.6 Å². The predicted molar refractivity (Wildman–Crippen MR) is 81.2 cm³/mol. The van der Waals surface area contributed by atoms with E-state index >= 15 is 0 Å². The van der Waals surface area contributed by atoms with Gasteiger partial charge in [-0.25, -0.2) is 0 Å². The number of nitrogens with one attached hydrogen (secondary N) is 2. The zero-order valence-corrected chi connectivity index (χ0v) is 12.1. The Kier molecular flexibility index (Phi) is 7.11.